The summed E-state index contributed by atoms with van der Waals surface area (Å²) in [6, 6.07) is 0. The smallest absolute Gasteiger partial charge is 0.759 e. The molecule has 76 valence electrons. The van der Waals surface area contributed by atoms with E-state index in [1.165, 1.54) is 0 Å². The number of carbonyl (C=O) groups is 2. The fourth-order valence-electron chi connectivity index (χ4n) is 0. The Balaban J connectivity index is -0.0000000546. The minimum atomic E-state index is -5.17. The van der Waals surface area contributed by atoms with Crippen LogP contribution in [0.3, 0.4) is 0 Å². The fourth-order valence-corrected chi connectivity index (χ4v) is 0. The SMILES string of the molecule is O=C(O)C(=O)O.O=S(=O)([O-])[O-].[Ni+2].[Zn]. The Morgan fingerprint density at radius 1 is 1.00 bits per heavy atom. The van der Waals surface area contributed by atoms with Gasteiger partial charge in [0.15, 0.2) is 0 Å². The van der Waals surface area contributed by atoms with Crippen molar-refractivity contribution in [2.24, 2.45) is 0 Å². The molecule has 2 N–H and O–H groups in total. The second-order valence-corrected chi connectivity index (χ2v) is 1.84. The van der Waals surface area contributed by atoms with E-state index >= 15 is 0 Å². The van der Waals surface area contributed by atoms with Gasteiger partial charge >= 0.3 is 28.4 Å². The Hall–Kier alpha value is -0.0731. The average Bonchev–Trinajstić information content (AvgIpc) is 1.59. The molecule has 0 saturated carbocycles. The van der Waals surface area contributed by atoms with Gasteiger partial charge in [0.25, 0.3) is 0 Å². The summed E-state index contributed by atoms with van der Waals surface area (Å²) in [5.74, 6) is -3.65. The van der Waals surface area contributed by atoms with Crippen LogP contribution in [0.15, 0.2) is 0 Å². The van der Waals surface area contributed by atoms with Gasteiger partial charge in [0.2, 0.25) is 0 Å². The molecule has 0 atom stereocenters. The summed E-state index contributed by atoms with van der Waals surface area (Å²) in [4.78, 5) is 18.2. The summed E-state index contributed by atoms with van der Waals surface area (Å²) in [6.07, 6.45) is 0. The van der Waals surface area contributed by atoms with Gasteiger partial charge in [-0.25, -0.2) is 9.59 Å². The molecule has 0 fully saturated rings. The minimum Gasteiger partial charge on any atom is -0.759 e. The van der Waals surface area contributed by atoms with Gasteiger partial charge in [0, 0.05) is 29.9 Å². The molecule has 0 aliphatic carbocycles. The summed E-state index contributed by atoms with van der Waals surface area (Å²) < 4.78 is 34.1. The molecule has 0 rings (SSSR count). The minimum absolute atomic E-state index is 0. The van der Waals surface area contributed by atoms with E-state index < -0.39 is 22.3 Å². The number of hydrogen-bond donors (Lipinski definition) is 2. The predicted octanol–water partition coefficient (Wildman–Crippen LogP) is -2.19. The number of hydrogen-bond acceptors (Lipinski definition) is 6. The van der Waals surface area contributed by atoms with Crippen LogP contribution in [-0.2, 0) is 56.0 Å². The van der Waals surface area contributed by atoms with Crippen molar-refractivity contribution in [2.45, 2.75) is 0 Å². The largest absolute Gasteiger partial charge is 2.00 e. The summed E-state index contributed by atoms with van der Waals surface area (Å²) in [6.45, 7) is 0. The Morgan fingerprint density at radius 2 is 1.08 bits per heavy atom. The van der Waals surface area contributed by atoms with Gasteiger partial charge in [-0.2, -0.15) is 0 Å². The van der Waals surface area contributed by atoms with Crippen LogP contribution in [0.25, 0.3) is 0 Å². The first-order valence-electron chi connectivity index (χ1n) is 1.77. The van der Waals surface area contributed by atoms with E-state index in [0.29, 0.717) is 0 Å². The van der Waals surface area contributed by atoms with E-state index in [4.69, 9.17) is 37.3 Å². The van der Waals surface area contributed by atoms with Crippen LogP contribution in [0, 0.1) is 0 Å². The molecule has 8 nitrogen and oxygen atoms in total. The van der Waals surface area contributed by atoms with Crippen LogP contribution in [0.5, 0.6) is 0 Å². The predicted molar refractivity (Wildman–Crippen MR) is 25.7 cm³/mol. The van der Waals surface area contributed by atoms with Crippen molar-refractivity contribution in [3.05, 3.63) is 0 Å². The molecule has 0 aliphatic rings. The first-order chi connectivity index (χ1) is 4.64. The van der Waals surface area contributed by atoms with Crippen molar-refractivity contribution < 1.29 is 73.3 Å². The molecule has 0 saturated heterocycles. The monoisotopic (exact) mass is 308 g/mol. The number of carboxylic acid groups (broad SMARTS) is 2. The third-order valence-electron chi connectivity index (χ3n) is 0.183. The van der Waals surface area contributed by atoms with Crippen molar-refractivity contribution >= 4 is 22.3 Å². The van der Waals surface area contributed by atoms with Crippen LogP contribution < -0.4 is 0 Å². The Bertz CT molecular complexity index is 225. The van der Waals surface area contributed by atoms with Crippen molar-refractivity contribution in [3.63, 3.8) is 0 Å². The molecule has 0 heterocycles. The van der Waals surface area contributed by atoms with E-state index in [2.05, 4.69) is 0 Å². The Morgan fingerprint density at radius 3 is 1.08 bits per heavy atom. The van der Waals surface area contributed by atoms with Gasteiger partial charge in [-0.05, 0) is 0 Å². The van der Waals surface area contributed by atoms with Gasteiger partial charge in [-0.1, -0.05) is 0 Å². The van der Waals surface area contributed by atoms with Crippen LogP contribution in [0.4, 0.5) is 0 Å². The summed E-state index contributed by atoms with van der Waals surface area (Å²) >= 11 is 0. The zero-order valence-electron chi connectivity index (χ0n) is 5.78. The maximum atomic E-state index is 9.10. The maximum absolute atomic E-state index is 9.10. The van der Waals surface area contributed by atoms with Crippen LogP contribution in [0.1, 0.15) is 0 Å². The second-order valence-electron chi connectivity index (χ2n) is 1.02. The molecule has 0 spiro atoms. The van der Waals surface area contributed by atoms with E-state index in [0.717, 1.165) is 0 Å². The van der Waals surface area contributed by atoms with Gasteiger partial charge < -0.3 is 19.3 Å². The quantitative estimate of drug-likeness (QED) is 0.221. The Labute approximate surface area is 95.6 Å². The number of rotatable bonds is 0. The first kappa shape index (κ1) is 23.1. The third kappa shape index (κ3) is 76.2. The van der Waals surface area contributed by atoms with Crippen molar-refractivity contribution in [1.29, 1.82) is 0 Å². The van der Waals surface area contributed by atoms with E-state index in [9.17, 15) is 0 Å². The van der Waals surface area contributed by atoms with Crippen LogP contribution in [-0.4, -0.2) is 39.7 Å². The molecule has 0 radical (unpaired) electrons. The molecule has 0 aliphatic heterocycles. The molecule has 0 unspecified atom stereocenters. The zero-order chi connectivity index (χ0) is 9.65. The summed E-state index contributed by atoms with van der Waals surface area (Å²) in [5, 5.41) is 14.8. The molecular weight excluding hydrogens is 308 g/mol. The molecule has 0 aromatic rings. The fraction of sp³-hybridized carbons (Fsp3) is 0. The number of aliphatic carboxylic acids is 2. The molecule has 13 heavy (non-hydrogen) atoms. The maximum Gasteiger partial charge on any atom is 2.00 e. The molecule has 0 amide bonds. The van der Waals surface area contributed by atoms with Crippen LogP contribution in [0.2, 0.25) is 0 Å². The molecule has 0 aromatic carbocycles. The second kappa shape index (κ2) is 10.0. The molecule has 0 bridgehead atoms. The van der Waals surface area contributed by atoms with Gasteiger partial charge in [-0.15, -0.1) is 0 Å². The summed E-state index contributed by atoms with van der Waals surface area (Å²) in [7, 11) is -5.17. The first-order valence-corrected chi connectivity index (χ1v) is 3.11. The zero-order valence-corrected chi connectivity index (χ0v) is 10.5. The summed E-state index contributed by atoms with van der Waals surface area (Å²) in [5.41, 5.74) is 0. The van der Waals surface area contributed by atoms with Crippen molar-refractivity contribution in [2.75, 3.05) is 0 Å². The van der Waals surface area contributed by atoms with Gasteiger partial charge in [-0.3, -0.25) is 8.42 Å². The van der Waals surface area contributed by atoms with E-state index in [1.54, 1.807) is 0 Å². The average molecular weight is 310 g/mol. The van der Waals surface area contributed by atoms with Crippen LogP contribution >= 0.6 is 0 Å². The van der Waals surface area contributed by atoms with E-state index in [1.807, 2.05) is 0 Å². The van der Waals surface area contributed by atoms with Gasteiger partial charge in [0.1, 0.15) is 0 Å². The topological polar surface area (TPSA) is 155 Å². The third-order valence-corrected chi connectivity index (χ3v) is 0.183. The van der Waals surface area contributed by atoms with Gasteiger partial charge in [0.05, 0.1) is 0 Å². The van der Waals surface area contributed by atoms with Crippen molar-refractivity contribution in [3.8, 4) is 0 Å². The van der Waals surface area contributed by atoms with Crippen molar-refractivity contribution in [1.82, 2.24) is 0 Å². The Kier molecular flexibility index (Phi) is 17.8. The molecular formula is C2H2NiO8SZn. The molecule has 11 heteroatoms. The molecule has 0 aromatic heterocycles. The normalized spacial score (nSPS) is 7.85. The number of carboxylic acids is 2. The van der Waals surface area contributed by atoms with E-state index in [-0.39, 0.29) is 36.0 Å². The standard InChI is InChI=1S/C2H2O4.Ni.H2O4S.Zn/c3-1(4)2(5)6;;1-5(2,3)4;/h(H,3,4)(H,5,6);;(H2,1,2,3,4);/q;+2;;/p-2.